The Morgan fingerprint density at radius 2 is 2.17 bits per heavy atom. The molecule has 1 aromatic carbocycles. The topological polar surface area (TPSA) is 42.0 Å². The number of nitrogens with one attached hydrogen (secondary N) is 1. The fourth-order valence-corrected chi connectivity index (χ4v) is 2.13. The molecule has 0 aliphatic carbocycles. The van der Waals surface area contributed by atoms with Gasteiger partial charge in [0.05, 0.1) is 6.20 Å². The molecule has 3 nitrogen and oxygen atoms in total. The van der Waals surface area contributed by atoms with E-state index in [1.165, 1.54) is 23.6 Å². The molecule has 5 heteroatoms. The van der Waals surface area contributed by atoms with E-state index >= 15 is 0 Å². The number of amides is 1. The Morgan fingerprint density at radius 3 is 2.89 bits per heavy atom. The Labute approximate surface area is 108 Å². The van der Waals surface area contributed by atoms with Gasteiger partial charge in [0.1, 0.15) is 15.7 Å². The van der Waals surface area contributed by atoms with Crippen molar-refractivity contribution < 1.29 is 9.18 Å². The van der Waals surface area contributed by atoms with Crippen LogP contribution < -0.4 is 5.32 Å². The van der Waals surface area contributed by atoms with Crippen molar-refractivity contribution in [1.82, 2.24) is 10.3 Å². The highest BCUT2D eigenvalue weighted by Crippen LogP contribution is 2.16. The molecule has 0 saturated carbocycles. The molecule has 0 aliphatic rings. The third-order valence-electron chi connectivity index (χ3n) is 2.29. The Kier molecular flexibility index (Phi) is 3.84. The number of benzene rings is 1. The number of carbonyl (C=O) groups excluding carboxylic acids is 1. The maximum atomic E-state index is 13.3. The fourth-order valence-electron chi connectivity index (χ4n) is 1.36. The van der Waals surface area contributed by atoms with Crippen molar-refractivity contribution in [2.75, 3.05) is 7.05 Å². The normalized spacial score (nSPS) is 10.8. The molecule has 18 heavy (non-hydrogen) atoms. The third-order valence-corrected chi connectivity index (χ3v) is 3.25. The first-order valence-electron chi connectivity index (χ1n) is 5.31. The van der Waals surface area contributed by atoms with Gasteiger partial charge in [-0.15, -0.1) is 11.3 Å². The molecule has 2 aromatic rings. The van der Waals surface area contributed by atoms with Crippen molar-refractivity contribution in [3.63, 3.8) is 0 Å². The first-order valence-corrected chi connectivity index (χ1v) is 6.13. The molecular weight excluding hydrogens is 251 g/mol. The summed E-state index contributed by atoms with van der Waals surface area (Å²) in [4.78, 5) is 15.9. The maximum Gasteiger partial charge on any atom is 0.262 e. The summed E-state index contributed by atoms with van der Waals surface area (Å²) in [6.07, 6.45) is 4.84. The summed E-state index contributed by atoms with van der Waals surface area (Å²) < 4.78 is 13.3. The number of thiazole rings is 1. The van der Waals surface area contributed by atoms with Crippen LogP contribution in [0.3, 0.4) is 0 Å². The molecule has 0 atom stereocenters. The van der Waals surface area contributed by atoms with Gasteiger partial charge in [0.15, 0.2) is 0 Å². The first-order chi connectivity index (χ1) is 8.70. The summed E-state index contributed by atoms with van der Waals surface area (Å²) in [5.41, 5.74) is 0.495. The molecule has 1 amide bonds. The molecule has 1 heterocycles. The van der Waals surface area contributed by atoms with Crippen LogP contribution in [0.1, 0.15) is 20.2 Å². The second kappa shape index (κ2) is 5.55. The average molecular weight is 262 g/mol. The number of nitrogens with zero attached hydrogens (tertiary/aromatic N) is 1. The van der Waals surface area contributed by atoms with Crippen LogP contribution in [0, 0.1) is 5.82 Å². The lowest BCUT2D eigenvalue weighted by Gasteiger charge is -1.93. The van der Waals surface area contributed by atoms with Crippen molar-refractivity contribution in [2.24, 2.45) is 0 Å². The summed E-state index contributed by atoms with van der Waals surface area (Å²) in [5, 5.41) is 3.19. The number of hydrogen-bond acceptors (Lipinski definition) is 3. The zero-order valence-corrected chi connectivity index (χ0v) is 10.5. The van der Waals surface area contributed by atoms with Crippen LogP contribution in [-0.4, -0.2) is 17.9 Å². The van der Waals surface area contributed by atoms with Gasteiger partial charge in [0.25, 0.3) is 5.91 Å². The summed E-state index contributed by atoms with van der Waals surface area (Å²) >= 11 is 1.26. The lowest BCUT2D eigenvalue weighted by molar-refractivity contribution is 0.0967. The van der Waals surface area contributed by atoms with E-state index in [1.807, 2.05) is 0 Å². The van der Waals surface area contributed by atoms with Crippen LogP contribution >= 0.6 is 11.3 Å². The van der Waals surface area contributed by atoms with Crippen molar-refractivity contribution in [2.45, 2.75) is 0 Å². The van der Waals surface area contributed by atoms with Gasteiger partial charge in [-0.25, -0.2) is 9.37 Å². The standard InChI is InChI=1S/C13H11FN2OS/c1-15-13(17)11-8-16-12(18-11)7-6-9-4-2-3-5-10(9)14/h2-8H,1H3,(H,15,17)/b7-6-. The highest BCUT2D eigenvalue weighted by Gasteiger charge is 2.06. The molecule has 1 aromatic heterocycles. The molecule has 0 bridgehead atoms. The van der Waals surface area contributed by atoms with Gasteiger partial charge >= 0.3 is 0 Å². The minimum absolute atomic E-state index is 0.168. The number of hydrogen-bond donors (Lipinski definition) is 1. The van der Waals surface area contributed by atoms with Crippen LogP contribution in [0.25, 0.3) is 12.2 Å². The Bertz CT molecular complexity index is 592. The van der Waals surface area contributed by atoms with E-state index in [0.717, 1.165) is 0 Å². The number of carbonyl (C=O) groups is 1. The molecule has 0 aliphatic heterocycles. The van der Waals surface area contributed by atoms with E-state index in [4.69, 9.17) is 0 Å². The SMILES string of the molecule is CNC(=O)c1cnc(/C=C\c2ccccc2F)s1. The van der Waals surface area contributed by atoms with Gasteiger partial charge in [0.2, 0.25) is 0 Å². The number of aromatic nitrogens is 1. The molecule has 0 saturated heterocycles. The molecule has 0 spiro atoms. The predicted octanol–water partition coefficient (Wildman–Crippen LogP) is 2.81. The van der Waals surface area contributed by atoms with Crippen LogP contribution in [-0.2, 0) is 0 Å². The van der Waals surface area contributed by atoms with Gasteiger partial charge in [-0.1, -0.05) is 18.2 Å². The molecule has 0 radical (unpaired) electrons. The summed E-state index contributed by atoms with van der Waals surface area (Å²) in [6.45, 7) is 0. The summed E-state index contributed by atoms with van der Waals surface area (Å²) in [6, 6.07) is 6.48. The maximum absolute atomic E-state index is 13.3. The van der Waals surface area contributed by atoms with E-state index in [2.05, 4.69) is 10.3 Å². The van der Waals surface area contributed by atoms with Crippen LogP contribution in [0.4, 0.5) is 4.39 Å². The van der Waals surface area contributed by atoms with E-state index in [0.29, 0.717) is 15.4 Å². The van der Waals surface area contributed by atoms with E-state index in [1.54, 1.807) is 37.4 Å². The zero-order chi connectivity index (χ0) is 13.0. The van der Waals surface area contributed by atoms with Gasteiger partial charge in [-0.2, -0.15) is 0 Å². The van der Waals surface area contributed by atoms with Gasteiger partial charge in [-0.05, 0) is 18.2 Å². The fraction of sp³-hybridized carbons (Fsp3) is 0.0769. The predicted molar refractivity (Wildman–Crippen MR) is 70.8 cm³/mol. The summed E-state index contributed by atoms with van der Waals surface area (Å²) in [5.74, 6) is -0.449. The van der Waals surface area contributed by atoms with Crippen molar-refractivity contribution >= 4 is 29.4 Å². The monoisotopic (exact) mass is 262 g/mol. The minimum Gasteiger partial charge on any atom is -0.354 e. The molecule has 2 rings (SSSR count). The van der Waals surface area contributed by atoms with Gasteiger partial charge in [-0.3, -0.25) is 4.79 Å². The Hall–Kier alpha value is -2.01. The Morgan fingerprint density at radius 1 is 1.39 bits per heavy atom. The number of rotatable bonds is 3. The summed E-state index contributed by atoms with van der Waals surface area (Å²) in [7, 11) is 1.57. The zero-order valence-electron chi connectivity index (χ0n) is 9.68. The van der Waals surface area contributed by atoms with E-state index in [-0.39, 0.29) is 11.7 Å². The van der Waals surface area contributed by atoms with Crippen molar-refractivity contribution in [3.05, 3.63) is 51.7 Å². The second-order valence-electron chi connectivity index (χ2n) is 3.50. The van der Waals surface area contributed by atoms with Crippen LogP contribution in [0.15, 0.2) is 30.5 Å². The van der Waals surface area contributed by atoms with E-state index in [9.17, 15) is 9.18 Å². The lowest BCUT2D eigenvalue weighted by Crippen LogP contribution is -2.16. The molecule has 92 valence electrons. The molecular formula is C13H11FN2OS. The second-order valence-corrected chi connectivity index (χ2v) is 4.56. The third kappa shape index (κ3) is 2.81. The van der Waals surface area contributed by atoms with Crippen molar-refractivity contribution in [3.8, 4) is 0 Å². The molecule has 1 N–H and O–H groups in total. The largest absolute Gasteiger partial charge is 0.354 e. The van der Waals surface area contributed by atoms with Crippen LogP contribution in [0.2, 0.25) is 0 Å². The highest BCUT2D eigenvalue weighted by molar-refractivity contribution is 7.14. The molecule has 0 unspecified atom stereocenters. The quantitative estimate of drug-likeness (QED) is 0.924. The molecule has 0 fully saturated rings. The average Bonchev–Trinajstić information content (AvgIpc) is 2.86. The highest BCUT2D eigenvalue weighted by atomic mass is 32.1. The minimum atomic E-state index is -0.281. The van der Waals surface area contributed by atoms with Crippen LogP contribution in [0.5, 0.6) is 0 Å². The van der Waals surface area contributed by atoms with Gasteiger partial charge in [0, 0.05) is 12.6 Å². The first kappa shape index (κ1) is 12.4. The van der Waals surface area contributed by atoms with Crippen molar-refractivity contribution in [1.29, 1.82) is 0 Å². The Balaban J connectivity index is 2.17. The lowest BCUT2D eigenvalue weighted by atomic mass is 10.2. The van der Waals surface area contributed by atoms with Gasteiger partial charge < -0.3 is 5.32 Å². The van der Waals surface area contributed by atoms with E-state index < -0.39 is 0 Å². The smallest absolute Gasteiger partial charge is 0.262 e. The number of halogens is 1.